The van der Waals surface area contributed by atoms with E-state index in [1.807, 2.05) is 50.2 Å². The Morgan fingerprint density at radius 2 is 1.70 bits per heavy atom. The van der Waals surface area contributed by atoms with Gasteiger partial charge in [0, 0.05) is 30.7 Å². The molecule has 2 amide bonds. The first-order chi connectivity index (χ1) is 14.5. The van der Waals surface area contributed by atoms with Gasteiger partial charge in [0.2, 0.25) is 0 Å². The summed E-state index contributed by atoms with van der Waals surface area (Å²) in [6.07, 6.45) is 2.90. The molecule has 6 heteroatoms. The molecular weight excluding hydrogens is 376 g/mol. The molecule has 3 aromatic rings. The predicted molar refractivity (Wildman–Crippen MR) is 115 cm³/mol. The normalized spacial score (nSPS) is 10.3. The molecule has 3 rings (SSSR count). The summed E-state index contributed by atoms with van der Waals surface area (Å²) in [4.78, 5) is 31.6. The molecule has 0 spiro atoms. The first-order valence-corrected chi connectivity index (χ1v) is 9.59. The summed E-state index contributed by atoms with van der Waals surface area (Å²) in [5.74, 6) is -0.560. The lowest BCUT2D eigenvalue weighted by molar-refractivity contribution is 0.0690. The smallest absolute Gasteiger partial charge is 0.257 e. The fraction of sp³-hybridized carbons (Fsp3) is 0.167. The van der Waals surface area contributed by atoms with E-state index in [-0.39, 0.29) is 23.4 Å². The maximum absolute atomic E-state index is 13.1. The Bertz CT molecular complexity index is 1070. The topological polar surface area (TPSA) is 86.1 Å². The monoisotopic (exact) mass is 398 g/mol. The van der Waals surface area contributed by atoms with E-state index in [0.29, 0.717) is 23.4 Å². The number of anilines is 1. The third kappa shape index (κ3) is 5.09. The molecule has 6 nitrogen and oxygen atoms in total. The van der Waals surface area contributed by atoms with E-state index >= 15 is 0 Å². The van der Waals surface area contributed by atoms with Crippen molar-refractivity contribution >= 4 is 17.5 Å². The highest BCUT2D eigenvalue weighted by Crippen LogP contribution is 2.15. The Kier molecular flexibility index (Phi) is 6.56. The van der Waals surface area contributed by atoms with Crippen LogP contribution in [-0.2, 0) is 6.54 Å². The van der Waals surface area contributed by atoms with Crippen LogP contribution in [0, 0.1) is 11.3 Å². The number of carbonyl (C=O) groups is 2. The average Bonchev–Trinajstić information content (AvgIpc) is 2.78. The molecular formula is C24H22N4O2. The van der Waals surface area contributed by atoms with E-state index in [1.165, 1.54) is 12.4 Å². The third-order valence-electron chi connectivity index (χ3n) is 4.60. The van der Waals surface area contributed by atoms with Crippen molar-refractivity contribution in [3.8, 4) is 6.07 Å². The van der Waals surface area contributed by atoms with Crippen molar-refractivity contribution in [2.75, 3.05) is 5.32 Å². The number of hydrogen-bond acceptors (Lipinski definition) is 4. The SMILES string of the molecule is CC(C)N(Cc1ccccc1)C(=O)c1cncc(C(=O)Nc2ccc(C#N)cc2)c1. The van der Waals surface area contributed by atoms with Gasteiger partial charge in [-0.15, -0.1) is 0 Å². The molecule has 0 aliphatic heterocycles. The summed E-state index contributed by atoms with van der Waals surface area (Å²) in [6.45, 7) is 4.38. The van der Waals surface area contributed by atoms with Gasteiger partial charge >= 0.3 is 0 Å². The standard InChI is InChI=1S/C24H22N4O2/c1-17(2)28(16-19-6-4-3-5-7-19)24(30)21-12-20(14-26-15-21)23(29)27-22-10-8-18(13-25)9-11-22/h3-12,14-15,17H,16H2,1-2H3,(H,27,29). The number of nitriles is 1. The summed E-state index contributed by atoms with van der Waals surface area (Å²) < 4.78 is 0. The van der Waals surface area contributed by atoms with Gasteiger partial charge < -0.3 is 10.2 Å². The Labute approximate surface area is 175 Å². The van der Waals surface area contributed by atoms with Gasteiger partial charge in [-0.3, -0.25) is 14.6 Å². The van der Waals surface area contributed by atoms with Crippen LogP contribution in [0.4, 0.5) is 5.69 Å². The van der Waals surface area contributed by atoms with Crippen molar-refractivity contribution in [1.29, 1.82) is 5.26 Å². The van der Waals surface area contributed by atoms with Crippen molar-refractivity contribution in [3.63, 3.8) is 0 Å². The third-order valence-corrected chi connectivity index (χ3v) is 4.60. The molecule has 1 aromatic heterocycles. The largest absolute Gasteiger partial charge is 0.332 e. The molecule has 0 saturated carbocycles. The van der Waals surface area contributed by atoms with Gasteiger partial charge in [-0.05, 0) is 49.7 Å². The van der Waals surface area contributed by atoms with Crippen molar-refractivity contribution < 1.29 is 9.59 Å². The Morgan fingerprint density at radius 3 is 2.33 bits per heavy atom. The Balaban J connectivity index is 1.77. The maximum atomic E-state index is 13.1. The van der Waals surface area contributed by atoms with E-state index in [9.17, 15) is 9.59 Å². The zero-order valence-corrected chi connectivity index (χ0v) is 16.9. The maximum Gasteiger partial charge on any atom is 0.257 e. The predicted octanol–water partition coefficient (Wildman–Crippen LogP) is 4.26. The van der Waals surface area contributed by atoms with Crippen LogP contribution < -0.4 is 5.32 Å². The van der Waals surface area contributed by atoms with Crippen LogP contribution in [-0.4, -0.2) is 27.7 Å². The number of rotatable bonds is 6. The molecule has 0 aliphatic rings. The number of pyridine rings is 1. The number of nitrogens with zero attached hydrogens (tertiary/aromatic N) is 3. The molecule has 0 unspecified atom stereocenters. The molecule has 150 valence electrons. The number of hydrogen-bond donors (Lipinski definition) is 1. The van der Waals surface area contributed by atoms with Gasteiger partial charge in [-0.25, -0.2) is 0 Å². The number of amides is 2. The summed E-state index contributed by atoms with van der Waals surface area (Å²) in [6, 6.07) is 19.9. The van der Waals surface area contributed by atoms with Crippen molar-refractivity contribution in [2.45, 2.75) is 26.4 Å². The first-order valence-electron chi connectivity index (χ1n) is 9.59. The van der Waals surface area contributed by atoms with Crippen LogP contribution in [0.25, 0.3) is 0 Å². The molecule has 0 bridgehead atoms. The molecule has 0 saturated heterocycles. The number of aromatic nitrogens is 1. The number of carbonyl (C=O) groups excluding carboxylic acids is 2. The second-order valence-corrected chi connectivity index (χ2v) is 7.12. The molecule has 1 N–H and O–H groups in total. The summed E-state index contributed by atoms with van der Waals surface area (Å²) in [5.41, 5.74) is 2.74. The van der Waals surface area contributed by atoms with Gasteiger partial charge in [-0.2, -0.15) is 5.26 Å². The molecule has 2 aromatic carbocycles. The number of nitrogens with one attached hydrogen (secondary N) is 1. The fourth-order valence-corrected chi connectivity index (χ4v) is 2.95. The minimum Gasteiger partial charge on any atom is -0.332 e. The second kappa shape index (κ2) is 9.48. The van der Waals surface area contributed by atoms with Crippen LogP contribution in [0.5, 0.6) is 0 Å². The minimum absolute atomic E-state index is 0.0196. The van der Waals surface area contributed by atoms with Gasteiger partial charge in [0.25, 0.3) is 11.8 Å². The highest BCUT2D eigenvalue weighted by molar-refractivity contribution is 6.05. The minimum atomic E-state index is -0.374. The van der Waals surface area contributed by atoms with E-state index < -0.39 is 0 Å². The second-order valence-electron chi connectivity index (χ2n) is 7.12. The Morgan fingerprint density at radius 1 is 1.03 bits per heavy atom. The molecule has 1 heterocycles. The summed E-state index contributed by atoms with van der Waals surface area (Å²) in [7, 11) is 0. The quantitative estimate of drug-likeness (QED) is 0.672. The van der Waals surface area contributed by atoms with Crippen LogP contribution in [0.15, 0.2) is 73.1 Å². The molecule has 0 fully saturated rings. The molecule has 0 radical (unpaired) electrons. The van der Waals surface area contributed by atoms with Gasteiger partial charge in [0.15, 0.2) is 0 Å². The van der Waals surface area contributed by atoms with Crippen LogP contribution in [0.3, 0.4) is 0 Å². The molecule has 30 heavy (non-hydrogen) atoms. The van der Waals surface area contributed by atoms with E-state index in [2.05, 4.69) is 10.3 Å². The number of benzene rings is 2. The molecule has 0 aliphatic carbocycles. The van der Waals surface area contributed by atoms with Crippen molar-refractivity contribution in [3.05, 3.63) is 95.3 Å². The van der Waals surface area contributed by atoms with Crippen molar-refractivity contribution in [1.82, 2.24) is 9.88 Å². The van der Waals surface area contributed by atoms with Gasteiger partial charge in [-0.1, -0.05) is 30.3 Å². The summed E-state index contributed by atoms with van der Waals surface area (Å²) >= 11 is 0. The lowest BCUT2D eigenvalue weighted by Crippen LogP contribution is -2.36. The van der Waals surface area contributed by atoms with E-state index in [0.717, 1.165) is 5.56 Å². The van der Waals surface area contributed by atoms with Gasteiger partial charge in [0.1, 0.15) is 0 Å². The van der Waals surface area contributed by atoms with Crippen molar-refractivity contribution in [2.24, 2.45) is 0 Å². The average molecular weight is 398 g/mol. The zero-order valence-electron chi connectivity index (χ0n) is 16.9. The van der Waals surface area contributed by atoms with Crippen LogP contribution in [0.2, 0.25) is 0 Å². The molecule has 0 atom stereocenters. The van der Waals surface area contributed by atoms with Crippen LogP contribution in [0.1, 0.15) is 45.7 Å². The van der Waals surface area contributed by atoms with Gasteiger partial charge in [0.05, 0.1) is 22.8 Å². The Hall–Kier alpha value is -3.98. The lowest BCUT2D eigenvalue weighted by Gasteiger charge is -2.27. The van der Waals surface area contributed by atoms with E-state index in [4.69, 9.17) is 5.26 Å². The van der Waals surface area contributed by atoms with Crippen LogP contribution >= 0.6 is 0 Å². The lowest BCUT2D eigenvalue weighted by atomic mass is 10.1. The zero-order chi connectivity index (χ0) is 21.5. The summed E-state index contributed by atoms with van der Waals surface area (Å²) in [5, 5.41) is 11.6. The highest BCUT2D eigenvalue weighted by atomic mass is 16.2. The van der Waals surface area contributed by atoms with E-state index in [1.54, 1.807) is 35.2 Å². The first kappa shape index (κ1) is 20.7. The fourth-order valence-electron chi connectivity index (χ4n) is 2.95. The highest BCUT2D eigenvalue weighted by Gasteiger charge is 2.20.